The van der Waals surface area contributed by atoms with Crippen molar-refractivity contribution in [2.75, 3.05) is 0 Å². The topological polar surface area (TPSA) is 42.6 Å². The van der Waals surface area contributed by atoms with Crippen molar-refractivity contribution in [2.24, 2.45) is 0 Å². The average molecular weight is 240 g/mol. The molecular formula is C12H10F2O3. The van der Waals surface area contributed by atoms with E-state index in [2.05, 4.69) is 0 Å². The number of halogens is 2. The van der Waals surface area contributed by atoms with Crippen molar-refractivity contribution >= 4 is 0 Å². The first-order valence-electron chi connectivity index (χ1n) is 4.96. The number of rotatable bonds is 4. The molecule has 0 saturated carbocycles. The smallest absolute Gasteiger partial charge is 0.191 e. The average Bonchev–Trinajstić information content (AvgIpc) is 2.76. The Morgan fingerprint density at radius 2 is 1.71 bits per heavy atom. The number of hydrogen-bond donors (Lipinski definition) is 1. The molecule has 5 heteroatoms. The zero-order valence-electron chi connectivity index (χ0n) is 8.82. The number of furan rings is 1. The van der Waals surface area contributed by atoms with Gasteiger partial charge in [0.15, 0.2) is 17.4 Å². The van der Waals surface area contributed by atoms with Gasteiger partial charge < -0.3 is 14.3 Å². The van der Waals surface area contributed by atoms with Gasteiger partial charge in [-0.1, -0.05) is 6.07 Å². The van der Waals surface area contributed by atoms with E-state index in [9.17, 15) is 8.78 Å². The Morgan fingerprint density at radius 1 is 1.06 bits per heavy atom. The third-order valence-electron chi connectivity index (χ3n) is 2.15. The van der Waals surface area contributed by atoms with Gasteiger partial charge in [-0.25, -0.2) is 8.78 Å². The summed E-state index contributed by atoms with van der Waals surface area (Å²) in [6.07, 6.45) is 0. The maximum atomic E-state index is 13.2. The molecular weight excluding hydrogens is 230 g/mol. The largest absolute Gasteiger partial charge is 0.480 e. The third-order valence-corrected chi connectivity index (χ3v) is 2.15. The fourth-order valence-electron chi connectivity index (χ4n) is 1.35. The van der Waals surface area contributed by atoms with Crippen molar-refractivity contribution in [3.8, 4) is 5.75 Å². The second-order valence-electron chi connectivity index (χ2n) is 3.37. The molecule has 2 aromatic rings. The number of hydrogen-bond acceptors (Lipinski definition) is 3. The molecule has 0 aliphatic heterocycles. The normalized spacial score (nSPS) is 10.5. The van der Waals surface area contributed by atoms with Crippen LogP contribution in [0.3, 0.4) is 0 Å². The Hall–Kier alpha value is -1.88. The van der Waals surface area contributed by atoms with Crippen LogP contribution in [0.15, 0.2) is 34.7 Å². The first kappa shape index (κ1) is 11.6. The summed E-state index contributed by atoms with van der Waals surface area (Å²) in [5.74, 6) is -1.21. The van der Waals surface area contributed by atoms with Crippen LogP contribution in [-0.4, -0.2) is 5.11 Å². The molecule has 0 spiro atoms. The van der Waals surface area contributed by atoms with Gasteiger partial charge in [-0.3, -0.25) is 0 Å². The SMILES string of the molecule is OCc1ccc(COc2c(F)cccc2F)o1. The molecule has 0 fully saturated rings. The van der Waals surface area contributed by atoms with Gasteiger partial charge in [-0.2, -0.15) is 0 Å². The Labute approximate surface area is 96.3 Å². The molecule has 0 saturated heterocycles. The molecule has 90 valence electrons. The Bertz CT molecular complexity index is 488. The van der Waals surface area contributed by atoms with E-state index in [0.29, 0.717) is 11.5 Å². The van der Waals surface area contributed by atoms with Crippen LogP contribution < -0.4 is 4.74 Å². The minimum Gasteiger partial charge on any atom is -0.480 e. The van der Waals surface area contributed by atoms with Gasteiger partial charge >= 0.3 is 0 Å². The van der Waals surface area contributed by atoms with E-state index in [0.717, 1.165) is 12.1 Å². The zero-order valence-corrected chi connectivity index (χ0v) is 8.82. The van der Waals surface area contributed by atoms with E-state index in [1.54, 1.807) is 12.1 Å². The molecule has 1 aromatic heterocycles. The van der Waals surface area contributed by atoms with Gasteiger partial charge in [0.25, 0.3) is 0 Å². The summed E-state index contributed by atoms with van der Waals surface area (Å²) in [7, 11) is 0. The second kappa shape index (κ2) is 4.97. The van der Waals surface area contributed by atoms with Crippen molar-refractivity contribution in [1.82, 2.24) is 0 Å². The van der Waals surface area contributed by atoms with Crippen molar-refractivity contribution in [3.05, 3.63) is 53.5 Å². The number of ether oxygens (including phenoxy) is 1. The summed E-state index contributed by atoms with van der Waals surface area (Å²) in [5, 5.41) is 8.77. The van der Waals surface area contributed by atoms with E-state index in [1.165, 1.54) is 6.07 Å². The van der Waals surface area contributed by atoms with Crippen LogP contribution in [0, 0.1) is 11.6 Å². The van der Waals surface area contributed by atoms with Crippen LogP contribution in [0.25, 0.3) is 0 Å². The lowest BCUT2D eigenvalue weighted by molar-refractivity contribution is 0.217. The molecule has 0 aliphatic rings. The van der Waals surface area contributed by atoms with Crippen LogP contribution in [0.2, 0.25) is 0 Å². The Balaban J connectivity index is 2.07. The summed E-state index contributed by atoms with van der Waals surface area (Å²) in [4.78, 5) is 0. The van der Waals surface area contributed by atoms with Crippen LogP contribution in [-0.2, 0) is 13.2 Å². The lowest BCUT2D eigenvalue weighted by atomic mass is 10.3. The summed E-state index contributed by atoms with van der Waals surface area (Å²) in [5.41, 5.74) is 0. The highest BCUT2D eigenvalue weighted by Gasteiger charge is 2.10. The second-order valence-corrected chi connectivity index (χ2v) is 3.37. The number of benzene rings is 1. The van der Waals surface area contributed by atoms with E-state index in [-0.39, 0.29) is 13.2 Å². The van der Waals surface area contributed by atoms with Crippen molar-refractivity contribution in [2.45, 2.75) is 13.2 Å². The molecule has 17 heavy (non-hydrogen) atoms. The van der Waals surface area contributed by atoms with Gasteiger partial charge in [-0.05, 0) is 24.3 Å². The fourth-order valence-corrected chi connectivity index (χ4v) is 1.35. The summed E-state index contributed by atoms with van der Waals surface area (Å²) in [6.45, 7) is -0.327. The highest BCUT2D eigenvalue weighted by atomic mass is 19.1. The minimum atomic E-state index is -0.765. The molecule has 0 bridgehead atoms. The molecule has 1 heterocycles. The standard InChI is InChI=1S/C12H10F2O3/c13-10-2-1-3-11(14)12(10)16-7-9-5-4-8(6-15)17-9/h1-5,15H,6-7H2. The highest BCUT2D eigenvalue weighted by Crippen LogP contribution is 2.22. The van der Waals surface area contributed by atoms with E-state index in [4.69, 9.17) is 14.3 Å². The van der Waals surface area contributed by atoms with E-state index in [1.807, 2.05) is 0 Å². The monoisotopic (exact) mass is 240 g/mol. The molecule has 0 amide bonds. The van der Waals surface area contributed by atoms with Crippen LogP contribution in [0.1, 0.15) is 11.5 Å². The van der Waals surface area contributed by atoms with Crippen molar-refractivity contribution in [1.29, 1.82) is 0 Å². The molecule has 0 aliphatic carbocycles. The van der Waals surface area contributed by atoms with Crippen molar-refractivity contribution in [3.63, 3.8) is 0 Å². The molecule has 0 unspecified atom stereocenters. The zero-order chi connectivity index (χ0) is 12.3. The van der Waals surface area contributed by atoms with Gasteiger partial charge in [0.2, 0.25) is 0 Å². The first-order valence-corrected chi connectivity index (χ1v) is 4.96. The van der Waals surface area contributed by atoms with Gasteiger partial charge in [0.05, 0.1) is 0 Å². The van der Waals surface area contributed by atoms with Gasteiger partial charge in [-0.15, -0.1) is 0 Å². The summed E-state index contributed by atoms with van der Waals surface area (Å²) in [6, 6.07) is 6.62. The number of para-hydroxylation sites is 1. The van der Waals surface area contributed by atoms with E-state index < -0.39 is 17.4 Å². The predicted molar refractivity (Wildman–Crippen MR) is 55.3 cm³/mol. The van der Waals surface area contributed by atoms with Gasteiger partial charge in [0.1, 0.15) is 24.7 Å². The van der Waals surface area contributed by atoms with E-state index >= 15 is 0 Å². The predicted octanol–water partition coefficient (Wildman–Crippen LogP) is 2.63. The number of aliphatic hydroxyl groups excluding tert-OH is 1. The lowest BCUT2D eigenvalue weighted by Gasteiger charge is -2.06. The molecule has 2 rings (SSSR count). The minimum absolute atomic E-state index is 0.0994. The lowest BCUT2D eigenvalue weighted by Crippen LogP contribution is -1.98. The van der Waals surface area contributed by atoms with Crippen molar-refractivity contribution < 1.29 is 23.0 Å². The number of aliphatic hydroxyl groups is 1. The molecule has 1 aromatic carbocycles. The first-order chi connectivity index (χ1) is 8.20. The summed E-state index contributed by atoms with van der Waals surface area (Å²) < 4.78 is 36.5. The third kappa shape index (κ3) is 2.62. The molecule has 0 atom stereocenters. The molecule has 0 radical (unpaired) electrons. The van der Waals surface area contributed by atoms with Gasteiger partial charge in [0, 0.05) is 0 Å². The molecule has 1 N–H and O–H groups in total. The maximum absolute atomic E-state index is 13.2. The highest BCUT2D eigenvalue weighted by molar-refractivity contribution is 5.26. The molecule has 3 nitrogen and oxygen atoms in total. The Morgan fingerprint density at radius 3 is 2.29 bits per heavy atom. The fraction of sp³-hybridized carbons (Fsp3) is 0.167. The van der Waals surface area contributed by atoms with Crippen LogP contribution >= 0.6 is 0 Å². The maximum Gasteiger partial charge on any atom is 0.191 e. The Kier molecular flexibility index (Phi) is 3.39. The quantitative estimate of drug-likeness (QED) is 0.893. The van der Waals surface area contributed by atoms with Crippen LogP contribution in [0.4, 0.5) is 8.78 Å². The van der Waals surface area contributed by atoms with Crippen LogP contribution in [0.5, 0.6) is 5.75 Å². The summed E-state index contributed by atoms with van der Waals surface area (Å²) >= 11 is 0.